The molecular weight excluding hydrogens is 160 g/mol. The highest BCUT2D eigenvalue weighted by molar-refractivity contribution is 4.64. The summed E-state index contributed by atoms with van der Waals surface area (Å²) in [6.07, 6.45) is 8.12. The fourth-order valence-corrected chi connectivity index (χ4v) is 2.00. The summed E-state index contributed by atoms with van der Waals surface area (Å²) in [7, 11) is 0. The summed E-state index contributed by atoms with van der Waals surface area (Å²) in [6, 6.07) is 0.381. The fourth-order valence-electron chi connectivity index (χ4n) is 2.00. The molecule has 2 nitrogen and oxygen atoms in total. The van der Waals surface area contributed by atoms with Gasteiger partial charge in [0.05, 0.1) is 0 Å². The maximum absolute atomic E-state index is 5.72. The summed E-state index contributed by atoms with van der Waals surface area (Å²) in [5.41, 5.74) is 5.72. The van der Waals surface area contributed by atoms with Crippen molar-refractivity contribution < 1.29 is 0 Å². The van der Waals surface area contributed by atoms with E-state index in [0.29, 0.717) is 6.04 Å². The maximum atomic E-state index is 5.72. The van der Waals surface area contributed by atoms with Crippen LogP contribution in [0.1, 0.15) is 45.4 Å². The molecule has 1 aliphatic rings. The molecule has 1 aliphatic heterocycles. The van der Waals surface area contributed by atoms with Crippen molar-refractivity contribution in [1.82, 2.24) is 4.90 Å². The number of hydrogen-bond donors (Lipinski definition) is 1. The Morgan fingerprint density at radius 1 is 1.15 bits per heavy atom. The smallest absolute Gasteiger partial charge is 0.00109 e. The van der Waals surface area contributed by atoms with Crippen LogP contribution >= 0.6 is 0 Å². The minimum absolute atomic E-state index is 0.381. The van der Waals surface area contributed by atoms with E-state index in [1.54, 1.807) is 0 Å². The van der Waals surface area contributed by atoms with Crippen LogP contribution in [0.5, 0.6) is 0 Å². The van der Waals surface area contributed by atoms with E-state index in [2.05, 4.69) is 11.8 Å². The average molecular weight is 184 g/mol. The zero-order chi connectivity index (χ0) is 9.52. The van der Waals surface area contributed by atoms with Crippen molar-refractivity contribution >= 4 is 0 Å². The second-order valence-corrected chi connectivity index (χ2v) is 4.38. The van der Waals surface area contributed by atoms with E-state index in [0.717, 1.165) is 0 Å². The SMILES string of the molecule is CC(N)CCCN1CCCCCC1. The molecule has 1 fully saturated rings. The first kappa shape index (κ1) is 11.0. The zero-order valence-electron chi connectivity index (χ0n) is 8.97. The molecule has 0 aliphatic carbocycles. The zero-order valence-corrected chi connectivity index (χ0v) is 8.97. The van der Waals surface area contributed by atoms with E-state index < -0.39 is 0 Å². The molecule has 1 saturated heterocycles. The van der Waals surface area contributed by atoms with E-state index in [1.807, 2.05) is 0 Å². The highest BCUT2D eigenvalue weighted by atomic mass is 15.1. The standard InChI is InChI=1S/C11H24N2/c1-11(12)7-6-10-13-8-4-2-3-5-9-13/h11H,2-10,12H2,1H3. The molecule has 0 saturated carbocycles. The van der Waals surface area contributed by atoms with Gasteiger partial charge in [-0.3, -0.25) is 0 Å². The van der Waals surface area contributed by atoms with Crippen LogP contribution in [0.3, 0.4) is 0 Å². The Bertz CT molecular complexity index is 115. The van der Waals surface area contributed by atoms with Crippen molar-refractivity contribution in [3.8, 4) is 0 Å². The summed E-state index contributed by atoms with van der Waals surface area (Å²) in [5.74, 6) is 0. The minimum Gasteiger partial charge on any atom is -0.328 e. The first-order chi connectivity index (χ1) is 6.29. The molecule has 0 spiro atoms. The first-order valence-corrected chi connectivity index (χ1v) is 5.77. The largest absolute Gasteiger partial charge is 0.328 e. The summed E-state index contributed by atoms with van der Waals surface area (Å²) >= 11 is 0. The van der Waals surface area contributed by atoms with Crippen LogP contribution in [0.25, 0.3) is 0 Å². The van der Waals surface area contributed by atoms with Gasteiger partial charge in [0.2, 0.25) is 0 Å². The Labute approximate surface area is 82.5 Å². The van der Waals surface area contributed by atoms with Crippen LogP contribution in [-0.2, 0) is 0 Å². The Balaban J connectivity index is 2.05. The molecule has 1 atom stereocenters. The molecule has 0 aromatic heterocycles. The Morgan fingerprint density at radius 3 is 2.31 bits per heavy atom. The highest BCUT2D eigenvalue weighted by Crippen LogP contribution is 2.10. The highest BCUT2D eigenvalue weighted by Gasteiger charge is 2.08. The lowest BCUT2D eigenvalue weighted by atomic mass is 10.2. The van der Waals surface area contributed by atoms with Gasteiger partial charge in [-0.2, -0.15) is 0 Å². The summed E-state index contributed by atoms with van der Waals surface area (Å²) in [6.45, 7) is 6.00. The third-order valence-corrected chi connectivity index (χ3v) is 2.83. The third-order valence-electron chi connectivity index (χ3n) is 2.83. The molecule has 13 heavy (non-hydrogen) atoms. The van der Waals surface area contributed by atoms with Gasteiger partial charge >= 0.3 is 0 Å². The van der Waals surface area contributed by atoms with Crippen LogP contribution in [-0.4, -0.2) is 30.6 Å². The Morgan fingerprint density at radius 2 is 1.77 bits per heavy atom. The van der Waals surface area contributed by atoms with Gasteiger partial charge in [0.1, 0.15) is 0 Å². The molecule has 1 heterocycles. The van der Waals surface area contributed by atoms with Crippen LogP contribution in [0.4, 0.5) is 0 Å². The number of nitrogens with two attached hydrogens (primary N) is 1. The van der Waals surface area contributed by atoms with Gasteiger partial charge in [0.15, 0.2) is 0 Å². The molecule has 0 aromatic carbocycles. The predicted molar refractivity (Wildman–Crippen MR) is 57.8 cm³/mol. The van der Waals surface area contributed by atoms with Crippen molar-refractivity contribution in [2.45, 2.75) is 51.5 Å². The van der Waals surface area contributed by atoms with Gasteiger partial charge in [-0.05, 0) is 52.2 Å². The van der Waals surface area contributed by atoms with E-state index in [4.69, 9.17) is 5.73 Å². The average Bonchev–Trinajstić information content (AvgIpc) is 2.32. The third kappa shape index (κ3) is 5.27. The maximum Gasteiger partial charge on any atom is 0.00109 e. The Kier molecular flexibility index (Phi) is 5.40. The molecule has 1 unspecified atom stereocenters. The summed E-state index contributed by atoms with van der Waals surface area (Å²) in [4.78, 5) is 2.61. The van der Waals surface area contributed by atoms with E-state index >= 15 is 0 Å². The number of likely N-dealkylation sites (tertiary alicyclic amines) is 1. The molecular formula is C11H24N2. The lowest BCUT2D eigenvalue weighted by Gasteiger charge is -2.19. The quantitative estimate of drug-likeness (QED) is 0.724. The molecule has 2 N–H and O–H groups in total. The van der Waals surface area contributed by atoms with Gasteiger partial charge in [-0.1, -0.05) is 12.8 Å². The molecule has 1 rings (SSSR count). The van der Waals surface area contributed by atoms with Gasteiger partial charge in [-0.25, -0.2) is 0 Å². The molecule has 0 radical (unpaired) electrons. The minimum atomic E-state index is 0.381. The van der Waals surface area contributed by atoms with Gasteiger partial charge < -0.3 is 10.6 Å². The van der Waals surface area contributed by atoms with Gasteiger partial charge in [-0.15, -0.1) is 0 Å². The lowest BCUT2D eigenvalue weighted by Crippen LogP contribution is -2.27. The first-order valence-electron chi connectivity index (χ1n) is 5.77. The topological polar surface area (TPSA) is 29.3 Å². The van der Waals surface area contributed by atoms with Crippen molar-refractivity contribution in [1.29, 1.82) is 0 Å². The molecule has 0 amide bonds. The number of nitrogens with zero attached hydrogens (tertiary/aromatic N) is 1. The second-order valence-electron chi connectivity index (χ2n) is 4.38. The molecule has 78 valence electrons. The van der Waals surface area contributed by atoms with E-state index in [1.165, 1.54) is 58.2 Å². The van der Waals surface area contributed by atoms with Crippen LogP contribution in [0, 0.1) is 0 Å². The van der Waals surface area contributed by atoms with Crippen LogP contribution in [0.15, 0.2) is 0 Å². The fraction of sp³-hybridized carbons (Fsp3) is 1.00. The molecule has 2 heteroatoms. The monoisotopic (exact) mass is 184 g/mol. The summed E-state index contributed by atoms with van der Waals surface area (Å²) in [5, 5.41) is 0. The van der Waals surface area contributed by atoms with Gasteiger partial charge in [0.25, 0.3) is 0 Å². The van der Waals surface area contributed by atoms with Crippen LogP contribution < -0.4 is 5.73 Å². The lowest BCUT2D eigenvalue weighted by molar-refractivity contribution is 0.276. The van der Waals surface area contributed by atoms with Crippen molar-refractivity contribution in [2.24, 2.45) is 5.73 Å². The predicted octanol–water partition coefficient (Wildman–Crippen LogP) is 1.99. The van der Waals surface area contributed by atoms with Crippen molar-refractivity contribution in [3.63, 3.8) is 0 Å². The molecule has 0 bridgehead atoms. The van der Waals surface area contributed by atoms with Gasteiger partial charge in [0, 0.05) is 6.04 Å². The van der Waals surface area contributed by atoms with Crippen molar-refractivity contribution in [3.05, 3.63) is 0 Å². The van der Waals surface area contributed by atoms with Crippen molar-refractivity contribution in [2.75, 3.05) is 19.6 Å². The van der Waals surface area contributed by atoms with E-state index in [9.17, 15) is 0 Å². The number of hydrogen-bond acceptors (Lipinski definition) is 2. The second kappa shape index (κ2) is 6.39. The molecule has 0 aromatic rings. The van der Waals surface area contributed by atoms with E-state index in [-0.39, 0.29) is 0 Å². The summed E-state index contributed by atoms with van der Waals surface area (Å²) < 4.78 is 0. The Hall–Kier alpha value is -0.0800. The normalized spacial score (nSPS) is 22.6. The number of rotatable bonds is 4. The van der Waals surface area contributed by atoms with Crippen LogP contribution in [0.2, 0.25) is 0 Å².